The molecule has 1 saturated heterocycles. The fourth-order valence-corrected chi connectivity index (χ4v) is 1.77. The number of hydrogen-bond acceptors (Lipinski definition) is 6. The van der Waals surface area contributed by atoms with Crippen molar-refractivity contribution in [1.82, 2.24) is 20.7 Å². The second kappa shape index (κ2) is 5.32. The maximum atomic E-state index is 11.4. The van der Waals surface area contributed by atoms with Crippen LogP contribution in [0.4, 0.5) is 0 Å². The van der Waals surface area contributed by atoms with Crippen molar-refractivity contribution < 1.29 is 19.7 Å². The van der Waals surface area contributed by atoms with Gasteiger partial charge in [-0.2, -0.15) is 0 Å². The molecule has 19 heavy (non-hydrogen) atoms. The summed E-state index contributed by atoms with van der Waals surface area (Å²) in [6.45, 7) is 2.00. The molecular weight excluding hydrogens is 264 g/mol. The molecule has 0 bridgehead atoms. The number of amides is 2. The van der Waals surface area contributed by atoms with Gasteiger partial charge in [0.05, 0.1) is 0 Å². The average Bonchev–Trinajstić information content (AvgIpc) is 2.56. The number of hydrogen-bond donors (Lipinski definition) is 2. The van der Waals surface area contributed by atoms with Gasteiger partial charge in [-0.1, -0.05) is 0 Å². The molecule has 1 aliphatic rings. The Kier molecular flexibility index (Phi) is 4.04. The Balaban J connectivity index is 3.06. The minimum Gasteiger partial charge on any atom is -0.296 e. The molecule has 1 rings (SSSR count). The van der Waals surface area contributed by atoms with Gasteiger partial charge in [0.2, 0.25) is 24.1 Å². The highest BCUT2D eigenvalue weighted by Gasteiger charge is 2.47. The Morgan fingerprint density at radius 2 is 1.32 bits per heavy atom. The lowest BCUT2D eigenvalue weighted by molar-refractivity contribution is -0.573. The fraction of sp³-hybridized carbons (Fsp3) is 0.714. The van der Waals surface area contributed by atoms with Gasteiger partial charge in [-0.3, -0.25) is 19.4 Å². The van der Waals surface area contributed by atoms with E-state index in [1.165, 1.54) is 0 Å². The third kappa shape index (κ3) is 3.17. The van der Waals surface area contributed by atoms with Gasteiger partial charge in [-0.05, 0) is 0 Å². The lowest BCUT2D eigenvalue weighted by Gasteiger charge is -2.21. The fourth-order valence-electron chi connectivity index (χ4n) is 1.77. The third-order valence-corrected chi connectivity index (χ3v) is 2.56. The zero-order valence-corrected chi connectivity index (χ0v) is 10.1. The van der Waals surface area contributed by atoms with E-state index in [-0.39, 0.29) is 6.67 Å². The SMILES string of the molecule is CC(=O)N1CN(C(C)=O)[C@@H](N[N+](=O)[O-])[C@@H]1N[N+](=O)[O-]. The Bertz CT molecular complexity index is 388. The van der Waals surface area contributed by atoms with E-state index in [1.54, 1.807) is 10.9 Å². The molecule has 0 aromatic carbocycles. The van der Waals surface area contributed by atoms with E-state index >= 15 is 0 Å². The first kappa shape index (κ1) is 14.4. The van der Waals surface area contributed by atoms with Crippen molar-refractivity contribution in [2.45, 2.75) is 26.2 Å². The molecule has 1 heterocycles. The number of rotatable bonds is 4. The highest BCUT2D eigenvalue weighted by atomic mass is 16.7. The van der Waals surface area contributed by atoms with Crippen LogP contribution in [0.5, 0.6) is 0 Å². The molecule has 0 unspecified atom stereocenters. The molecule has 106 valence electrons. The molecule has 0 radical (unpaired) electrons. The highest BCUT2D eigenvalue weighted by molar-refractivity contribution is 5.78. The minimum absolute atomic E-state index is 0.276. The van der Waals surface area contributed by atoms with E-state index in [4.69, 9.17) is 0 Å². The smallest absolute Gasteiger partial charge is 0.222 e. The van der Waals surface area contributed by atoms with Crippen LogP contribution in [0, 0.1) is 20.2 Å². The van der Waals surface area contributed by atoms with E-state index in [1.807, 2.05) is 0 Å². The topological polar surface area (TPSA) is 151 Å². The summed E-state index contributed by atoms with van der Waals surface area (Å²) in [5, 5.41) is 19.1. The van der Waals surface area contributed by atoms with E-state index in [0.717, 1.165) is 23.6 Å². The number of carbonyl (C=O) groups excluding carboxylic acids is 2. The summed E-state index contributed by atoms with van der Waals surface area (Å²) in [4.78, 5) is 45.6. The van der Waals surface area contributed by atoms with Crippen molar-refractivity contribution in [3.8, 4) is 0 Å². The molecule has 0 aromatic heterocycles. The van der Waals surface area contributed by atoms with Crippen LogP contribution in [0.1, 0.15) is 13.8 Å². The van der Waals surface area contributed by atoms with E-state index in [2.05, 4.69) is 0 Å². The predicted octanol–water partition coefficient (Wildman–Crippen LogP) is -2.13. The quantitative estimate of drug-likeness (QED) is 0.436. The highest BCUT2D eigenvalue weighted by Crippen LogP contribution is 2.17. The molecular formula is C7H12N6O6. The maximum Gasteiger partial charge on any atom is 0.222 e. The van der Waals surface area contributed by atoms with Crippen LogP contribution in [-0.4, -0.2) is 50.7 Å². The Morgan fingerprint density at radius 1 is 1.00 bits per heavy atom. The van der Waals surface area contributed by atoms with Crippen molar-refractivity contribution in [1.29, 1.82) is 0 Å². The molecule has 1 aliphatic heterocycles. The van der Waals surface area contributed by atoms with Gasteiger partial charge in [0, 0.05) is 13.8 Å². The summed E-state index contributed by atoms with van der Waals surface area (Å²) in [7, 11) is 0. The lowest BCUT2D eigenvalue weighted by atomic mass is 10.3. The third-order valence-electron chi connectivity index (χ3n) is 2.56. The van der Waals surface area contributed by atoms with Crippen molar-refractivity contribution in [2.24, 2.45) is 0 Å². The zero-order chi connectivity index (χ0) is 14.7. The molecule has 2 amide bonds. The lowest BCUT2D eigenvalue weighted by Crippen LogP contribution is -2.58. The minimum atomic E-state index is -1.33. The molecule has 12 heteroatoms. The monoisotopic (exact) mass is 276 g/mol. The summed E-state index contributed by atoms with van der Waals surface area (Å²) in [5.41, 5.74) is 3.56. The molecule has 2 N–H and O–H groups in total. The maximum absolute atomic E-state index is 11.4. The van der Waals surface area contributed by atoms with Crippen LogP contribution in [0.15, 0.2) is 0 Å². The molecule has 2 atom stereocenters. The Labute approximate surface area is 106 Å². The van der Waals surface area contributed by atoms with Gasteiger partial charge in [-0.25, -0.2) is 20.2 Å². The molecule has 0 aliphatic carbocycles. The number of carbonyl (C=O) groups is 2. The summed E-state index contributed by atoms with van der Waals surface area (Å²) < 4.78 is 0. The predicted molar refractivity (Wildman–Crippen MR) is 57.7 cm³/mol. The van der Waals surface area contributed by atoms with Crippen molar-refractivity contribution in [2.75, 3.05) is 6.67 Å². The first-order valence-corrected chi connectivity index (χ1v) is 5.09. The first-order valence-electron chi connectivity index (χ1n) is 5.09. The number of hydrazine groups is 2. The largest absolute Gasteiger partial charge is 0.296 e. The zero-order valence-electron chi connectivity index (χ0n) is 10.1. The standard InChI is InChI=1S/C7H12N6O6/c1-4(14)10-3-11(5(2)15)7(9-13(18)19)6(10)8-12(16)17/h6-9H,3H2,1-2H3/t6-,7-/m1/s1. The van der Waals surface area contributed by atoms with Gasteiger partial charge < -0.3 is 0 Å². The molecule has 0 spiro atoms. The number of nitro groups is 2. The first-order chi connectivity index (χ1) is 8.73. The van der Waals surface area contributed by atoms with Crippen LogP contribution in [0.25, 0.3) is 0 Å². The number of nitrogens with one attached hydrogen (secondary N) is 2. The molecule has 0 saturated carbocycles. The van der Waals surface area contributed by atoms with Crippen molar-refractivity contribution in [3.05, 3.63) is 20.2 Å². The molecule has 12 nitrogen and oxygen atoms in total. The number of nitrogens with zero attached hydrogens (tertiary/aromatic N) is 4. The summed E-state index contributed by atoms with van der Waals surface area (Å²) in [6.07, 6.45) is -2.66. The van der Waals surface area contributed by atoms with Crippen LogP contribution in [0.2, 0.25) is 0 Å². The van der Waals surface area contributed by atoms with Crippen LogP contribution < -0.4 is 10.9 Å². The van der Waals surface area contributed by atoms with Gasteiger partial charge in [0.25, 0.3) is 0 Å². The second-order valence-electron chi connectivity index (χ2n) is 3.78. The van der Waals surface area contributed by atoms with Crippen LogP contribution >= 0.6 is 0 Å². The molecule has 0 aromatic rings. The van der Waals surface area contributed by atoms with Gasteiger partial charge in [-0.15, -0.1) is 10.9 Å². The van der Waals surface area contributed by atoms with Gasteiger partial charge in [0.1, 0.15) is 6.67 Å². The second-order valence-corrected chi connectivity index (χ2v) is 3.78. The summed E-state index contributed by atoms with van der Waals surface area (Å²) >= 11 is 0. The Morgan fingerprint density at radius 3 is 1.53 bits per heavy atom. The van der Waals surface area contributed by atoms with Gasteiger partial charge >= 0.3 is 0 Å². The van der Waals surface area contributed by atoms with Crippen LogP contribution in [0.3, 0.4) is 0 Å². The molecule has 1 fully saturated rings. The summed E-state index contributed by atoms with van der Waals surface area (Å²) in [5.74, 6) is -1.11. The van der Waals surface area contributed by atoms with Crippen molar-refractivity contribution >= 4 is 11.8 Å². The van der Waals surface area contributed by atoms with E-state index < -0.39 is 34.2 Å². The average molecular weight is 276 g/mol. The van der Waals surface area contributed by atoms with Gasteiger partial charge in [0.15, 0.2) is 10.1 Å². The summed E-state index contributed by atoms with van der Waals surface area (Å²) in [6, 6.07) is 0. The van der Waals surface area contributed by atoms with E-state index in [9.17, 15) is 29.8 Å². The van der Waals surface area contributed by atoms with E-state index in [0.29, 0.717) is 0 Å². The Hall–Kier alpha value is -2.66. The van der Waals surface area contributed by atoms with Crippen LogP contribution in [-0.2, 0) is 9.59 Å². The van der Waals surface area contributed by atoms with Crippen molar-refractivity contribution in [3.63, 3.8) is 0 Å². The normalized spacial score (nSPS) is 22.0.